The van der Waals surface area contributed by atoms with Gasteiger partial charge in [-0.2, -0.15) is 11.8 Å². The van der Waals surface area contributed by atoms with Gasteiger partial charge in [-0.1, -0.05) is 13.8 Å². The molecule has 0 amide bonds. The summed E-state index contributed by atoms with van der Waals surface area (Å²) in [7, 11) is 0. The highest BCUT2D eigenvalue weighted by atomic mass is 32.2. The summed E-state index contributed by atoms with van der Waals surface area (Å²) >= 11 is 1.87. The Morgan fingerprint density at radius 3 is 2.44 bits per heavy atom. The monoisotopic (exact) mass is 247 g/mol. The van der Waals surface area contributed by atoms with Gasteiger partial charge in [0, 0.05) is 6.04 Å². The maximum atomic E-state index is 11.4. The van der Waals surface area contributed by atoms with Crippen LogP contribution in [0, 0.1) is 0 Å². The van der Waals surface area contributed by atoms with Crippen molar-refractivity contribution in [3.63, 3.8) is 0 Å². The predicted octanol–water partition coefficient (Wildman–Crippen LogP) is 2.75. The molecule has 0 aromatic heterocycles. The van der Waals surface area contributed by atoms with Crippen LogP contribution in [0.15, 0.2) is 0 Å². The molecule has 0 aliphatic rings. The van der Waals surface area contributed by atoms with E-state index >= 15 is 0 Å². The largest absolute Gasteiger partial charge is 0.480 e. The fourth-order valence-electron chi connectivity index (χ4n) is 1.84. The Balaban J connectivity index is 4.34. The van der Waals surface area contributed by atoms with Crippen LogP contribution in [0.4, 0.5) is 0 Å². The second kappa shape index (κ2) is 7.96. The molecule has 0 heterocycles. The molecule has 0 radical (unpaired) electrons. The molecule has 3 nitrogen and oxygen atoms in total. The van der Waals surface area contributed by atoms with Crippen molar-refractivity contribution in [1.82, 2.24) is 5.32 Å². The molecular weight excluding hydrogens is 222 g/mol. The quantitative estimate of drug-likeness (QED) is 0.615. The van der Waals surface area contributed by atoms with Crippen LogP contribution in [-0.2, 0) is 4.79 Å². The second-order valence-corrected chi connectivity index (χ2v) is 5.73. The van der Waals surface area contributed by atoms with Gasteiger partial charge in [-0.05, 0) is 44.6 Å². The van der Waals surface area contributed by atoms with Gasteiger partial charge in [-0.3, -0.25) is 10.1 Å². The lowest BCUT2D eigenvalue weighted by molar-refractivity contribution is -0.145. The Hall–Kier alpha value is -0.220. The molecule has 0 bridgehead atoms. The van der Waals surface area contributed by atoms with Crippen molar-refractivity contribution in [2.45, 2.75) is 58.5 Å². The molecule has 4 heteroatoms. The summed E-state index contributed by atoms with van der Waals surface area (Å²) in [5.74, 6) is 1.43. The highest BCUT2D eigenvalue weighted by Crippen LogP contribution is 2.20. The zero-order valence-corrected chi connectivity index (χ0v) is 11.7. The molecule has 1 unspecified atom stereocenters. The molecule has 1 atom stereocenters. The van der Waals surface area contributed by atoms with Crippen LogP contribution in [0.25, 0.3) is 0 Å². The summed E-state index contributed by atoms with van der Waals surface area (Å²) in [6, 6.07) is 0.204. The number of nitrogens with one attached hydrogen (secondary N) is 1. The van der Waals surface area contributed by atoms with Gasteiger partial charge in [0.15, 0.2) is 0 Å². The Morgan fingerprint density at radius 1 is 1.44 bits per heavy atom. The average Bonchev–Trinajstić information content (AvgIpc) is 2.21. The first kappa shape index (κ1) is 15.8. The van der Waals surface area contributed by atoms with E-state index in [2.05, 4.69) is 12.2 Å². The molecule has 0 spiro atoms. The van der Waals surface area contributed by atoms with Crippen molar-refractivity contribution in [3.8, 4) is 0 Å². The molecule has 0 aliphatic heterocycles. The van der Waals surface area contributed by atoms with E-state index < -0.39 is 11.5 Å². The standard InChI is InChI=1S/C12H25NO2S/c1-5-12(11(14)15,13-10(3)4)8-7-9-16-6-2/h10,13H,5-9H2,1-4H3,(H,14,15). The smallest absolute Gasteiger partial charge is 0.323 e. The third-order valence-electron chi connectivity index (χ3n) is 2.67. The summed E-state index contributed by atoms with van der Waals surface area (Å²) < 4.78 is 0. The van der Waals surface area contributed by atoms with Crippen molar-refractivity contribution in [3.05, 3.63) is 0 Å². The highest BCUT2D eigenvalue weighted by molar-refractivity contribution is 7.99. The number of hydrogen-bond acceptors (Lipinski definition) is 3. The lowest BCUT2D eigenvalue weighted by atomic mass is 9.90. The fourth-order valence-corrected chi connectivity index (χ4v) is 2.48. The molecule has 0 fully saturated rings. The van der Waals surface area contributed by atoms with E-state index in [1.165, 1.54) is 0 Å². The normalized spacial score (nSPS) is 15.1. The minimum absolute atomic E-state index is 0.204. The summed E-state index contributed by atoms with van der Waals surface area (Å²) in [5.41, 5.74) is -0.734. The molecule has 2 N–H and O–H groups in total. The zero-order valence-electron chi connectivity index (χ0n) is 10.9. The van der Waals surface area contributed by atoms with Crippen molar-refractivity contribution < 1.29 is 9.90 Å². The second-order valence-electron chi connectivity index (χ2n) is 4.34. The Bertz CT molecular complexity index is 209. The van der Waals surface area contributed by atoms with E-state index in [9.17, 15) is 9.90 Å². The van der Waals surface area contributed by atoms with Crippen LogP contribution >= 0.6 is 11.8 Å². The molecule has 0 aliphatic carbocycles. The molecule has 0 saturated heterocycles. The van der Waals surface area contributed by atoms with E-state index in [1.807, 2.05) is 32.5 Å². The van der Waals surface area contributed by atoms with E-state index in [0.29, 0.717) is 12.8 Å². The number of hydrogen-bond donors (Lipinski definition) is 2. The Kier molecular flexibility index (Phi) is 7.85. The highest BCUT2D eigenvalue weighted by Gasteiger charge is 2.36. The van der Waals surface area contributed by atoms with E-state index in [-0.39, 0.29) is 6.04 Å². The van der Waals surface area contributed by atoms with Gasteiger partial charge in [-0.15, -0.1) is 0 Å². The zero-order chi connectivity index (χ0) is 12.6. The topological polar surface area (TPSA) is 49.3 Å². The first-order chi connectivity index (χ1) is 7.48. The SMILES string of the molecule is CCSCCCC(CC)(NC(C)C)C(=O)O. The number of thioether (sulfide) groups is 1. The lowest BCUT2D eigenvalue weighted by Crippen LogP contribution is -2.54. The van der Waals surface area contributed by atoms with Crippen molar-refractivity contribution in [2.75, 3.05) is 11.5 Å². The van der Waals surface area contributed by atoms with Gasteiger partial charge in [0.1, 0.15) is 5.54 Å². The average molecular weight is 247 g/mol. The summed E-state index contributed by atoms with van der Waals surface area (Å²) in [4.78, 5) is 11.4. The third-order valence-corrected chi connectivity index (χ3v) is 3.66. The number of carboxylic acids is 1. The van der Waals surface area contributed by atoms with Crippen LogP contribution in [0.5, 0.6) is 0 Å². The maximum absolute atomic E-state index is 11.4. The van der Waals surface area contributed by atoms with Crippen LogP contribution < -0.4 is 5.32 Å². The fraction of sp³-hybridized carbons (Fsp3) is 0.917. The molecule has 0 saturated carbocycles. The molecular formula is C12H25NO2S. The van der Waals surface area contributed by atoms with Gasteiger partial charge >= 0.3 is 5.97 Å². The molecule has 0 aromatic carbocycles. The first-order valence-electron chi connectivity index (χ1n) is 6.07. The van der Waals surface area contributed by atoms with Gasteiger partial charge in [0.2, 0.25) is 0 Å². The maximum Gasteiger partial charge on any atom is 0.323 e. The number of aliphatic carboxylic acids is 1. The summed E-state index contributed by atoms with van der Waals surface area (Å²) in [5, 5.41) is 12.6. The molecule has 0 aromatic rings. The van der Waals surface area contributed by atoms with Crippen molar-refractivity contribution in [2.24, 2.45) is 0 Å². The van der Waals surface area contributed by atoms with Crippen molar-refractivity contribution >= 4 is 17.7 Å². The predicted molar refractivity (Wildman–Crippen MR) is 71.2 cm³/mol. The van der Waals surface area contributed by atoms with Crippen LogP contribution in [0.2, 0.25) is 0 Å². The van der Waals surface area contributed by atoms with Crippen LogP contribution in [-0.4, -0.2) is 34.2 Å². The van der Waals surface area contributed by atoms with E-state index in [1.54, 1.807) is 0 Å². The minimum atomic E-state index is -0.734. The summed E-state index contributed by atoms with van der Waals surface area (Å²) in [6.07, 6.45) is 2.31. The van der Waals surface area contributed by atoms with Crippen LogP contribution in [0.3, 0.4) is 0 Å². The molecule has 96 valence electrons. The van der Waals surface area contributed by atoms with Gasteiger partial charge < -0.3 is 5.11 Å². The Morgan fingerprint density at radius 2 is 2.06 bits per heavy atom. The summed E-state index contributed by atoms with van der Waals surface area (Å²) in [6.45, 7) is 8.06. The number of carboxylic acid groups (broad SMARTS) is 1. The minimum Gasteiger partial charge on any atom is -0.480 e. The van der Waals surface area contributed by atoms with Gasteiger partial charge in [0.25, 0.3) is 0 Å². The first-order valence-corrected chi connectivity index (χ1v) is 7.22. The van der Waals surface area contributed by atoms with E-state index in [4.69, 9.17) is 0 Å². The number of carbonyl (C=O) groups is 1. The van der Waals surface area contributed by atoms with Gasteiger partial charge in [0.05, 0.1) is 0 Å². The number of rotatable bonds is 9. The molecule has 16 heavy (non-hydrogen) atoms. The third kappa shape index (κ3) is 5.21. The van der Waals surface area contributed by atoms with Crippen LogP contribution in [0.1, 0.15) is 47.0 Å². The Labute approximate surface area is 103 Å². The lowest BCUT2D eigenvalue weighted by Gasteiger charge is -2.31. The van der Waals surface area contributed by atoms with Gasteiger partial charge in [-0.25, -0.2) is 0 Å². The molecule has 0 rings (SSSR count). The van der Waals surface area contributed by atoms with E-state index in [0.717, 1.165) is 17.9 Å². The van der Waals surface area contributed by atoms with Crippen molar-refractivity contribution in [1.29, 1.82) is 0 Å².